The second-order valence-corrected chi connectivity index (χ2v) is 9.93. The monoisotopic (exact) mass is 538 g/mol. The largest absolute Gasteiger partial charge is 0.475 e. The molecule has 2 aromatic carbocycles. The summed E-state index contributed by atoms with van der Waals surface area (Å²) in [7, 11) is 1.59. The first-order valence-corrected chi connectivity index (χ1v) is 12.0. The highest BCUT2D eigenvalue weighted by molar-refractivity contribution is 6.35. The molecule has 9 nitrogen and oxygen atoms in total. The van der Waals surface area contributed by atoms with Gasteiger partial charge >= 0.3 is 12.0 Å². The molecule has 0 saturated carbocycles. The number of imide groups is 1. The summed E-state index contributed by atoms with van der Waals surface area (Å²) in [5, 5.41) is 19.0. The number of likely N-dealkylation sites (N-methyl/N-ethyl adjacent to an activating group) is 1. The molecule has 0 radical (unpaired) electrons. The molecular formula is C26H20Cl2N4O5. The van der Waals surface area contributed by atoms with Crippen molar-refractivity contribution in [3.8, 4) is 6.07 Å². The minimum atomic E-state index is -1.28. The van der Waals surface area contributed by atoms with Crippen LogP contribution in [-0.4, -0.2) is 58.5 Å². The minimum Gasteiger partial charge on any atom is -0.475 e. The predicted octanol–water partition coefficient (Wildman–Crippen LogP) is 4.59. The number of carboxylic acid groups (broad SMARTS) is 1. The SMILES string of the molecule is CN1C(=O)N(c2cc(Cl)cc(Cl)c2)C(=O)C12CN(Cc1ccc(C(=O)O)o1)CC2c1ccc(C#N)cc1. The average Bonchev–Trinajstić information content (AvgIpc) is 3.53. The zero-order valence-corrected chi connectivity index (χ0v) is 21.0. The fourth-order valence-electron chi connectivity index (χ4n) is 5.21. The molecule has 3 aromatic rings. The van der Waals surface area contributed by atoms with Crippen molar-refractivity contribution in [2.75, 3.05) is 25.0 Å². The Kier molecular flexibility index (Phi) is 6.20. The van der Waals surface area contributed by atoms with Crippen LogP contribution in [0.3, 0.4) is 0 Å². The maximum Gasteiger partial charge on any atom is 0.371 e. The first-order valence-electron chi connectivity index (χ1n) is 11.3. The van der Waals surface area contributed by atoms with Crippen molar-refractivity contribution in [3.05, 3.63) is 87.3 Å². The summed E-state index contributed by atoms with van der Waals surface area (Å²) in [5.74, 6) is -1.81. The first kappa shape index (κ1) is 24.8. The van der Waals surface area contributed by atoms with Crippen molar-refractivity contribution < 1.29 is 23.9 Å². The molecule has 2 fully saturated rings. The molecule has 1 spiro atoms. The van der Waals surface area contributed by atoms with Crippen molar-refractivity contribution in [2.24, 2.45) is 0 Å². The number of halogens is 2. The molecule has 37 heavy (non-hydrogen) atoms. The van der Waals surface area contributed by atoms with Crippen molar-refractivity contribution in [1.29, 1.82) is 5.26 Å². The van der Waals surface area contributed by atoms with Crippen LogP contribution >= 0.6 is 23.2 Å². The summed E-state index contributed by atoms with van der Waals surface area (Å²) in [6, 6.07) is 16.0. The van der Waals surface area contributed by atoms with E-state index in [0.717, 1.165) is 10.5 Å². The third-order valence-electron chi connectivity index (χ3n) is 6.93. The highest BCUT2D eigenvalue weighted by Gasteiger charge is 2.64. The Hall–Kier alpha value is -3.84. The van der Waals surface area contributed by atoms with Crippen LogP contribution in [0.15, 0.2) is 59.0 Å². The lowest BCUT2D eigenvalue weighted by molar-refractivity contribution is -0.124. The first-order chi connectivity index (χ1) is 17.6. The lowest BCUT2D eigenvalue weighted by atomic mass is 9.80. The summed E-state index contributed by atoms with van der Waals surface area (Å²) in [6.45, 7) is 0.787. The number of carboxylic acids is 1. The molecule has 2 aliphatic rings. The van der Waals surface area contributed by atoms with E-state index in [-0.39, 0.29) is 34.6 Å². The summed E-state index contributed by atoms with van der Waals surface area (Å²) < 4.78 is 5.44. The number of anilines is 1. The molecule has 3 amide bonds. The Morgan fingerprint density at radius 2 is 1.81 bits per heavy atom. The normalized spacial score (nSPS) is 21.7. The third kappa shape index (κ3) is 4.13. The van der Waals surface area contributed by atoms with E-state index in [9.17, 15) is 24.8 Å². The van der Waals surface area contributed by atoms with Gasteiger partial charge in [-0.25, -0.2) is 14.5 Å². The molecule has 188 valence electrons. The smallest absolute Gasteiger partial charge is 0.371 e. The summed E-state index contributed by atoms with van der Waals surface area (Å²) in [6.07, 6.45) is 0. The number of hydrogen-bond acceptors (Lipinski definition) is 6. The van der Waals surface area contributed by atoms with Crippen LogP contribution in [-0.2, 0) is 11.3 Å². The van der Waals surface area contributed by atoms with E-state index in [2.05, 4.69) is 6.07 Å². The highest BCUT2D eigenvalue weighted by Crippen LogP contribution is 2.47. The second-order valence-electron chi connectivity index (χ2n) is 9.06. The van der Waals surface area contributed by atoms with Gasteiger partial charge in [0.15, 0.2) is 0 Å². The van der Waals surface area contributed by atoms with Gasteiger partial charge in [-0.3, -0.25) is 9.69 Å². The molecule has 2 atom stereocenters. The van der Waals surface area contributed by atoms with Gasteiger partial charge in [0.25, 0.3) is 5.91 Å². The molecule has 0 aliphatic carbocycles. The van der Waals surface area contributed by atoms with E-state index in [1.165, 1.54) is 29.2 Å². The van der Waals surface area contributed by atoms with E-state index in [0.29, 0.717) is 17.9 Å². The number of urea groups is 1. The van der Waals surface area contributed by atoms with Crippen LogP contribution in [0.4, 0.5) is 10.5 Å². The van der Waals surface area contributed by atoms with Crippen molar-refractivity contribution in [3.63, 3.8) is 0 Å². The van der Waals surface area contributed by atoms with Gasteiger partial charge in [0.05, 0.1) is 23.9 Å². The lowest BCUT2D eigenvalue weighted by Crippen LogP contribution is -2.53. The van der Waals surface area contributed by atoms with Crippen LogP contribution < -0.4 is 4.90 Å². The van der Waals surface area contributed by atoms with Gasteiger partial charge in [0.1, 0.15) is 11.3 Å². The Balaban J connectivity index is 1.56. The molecule has 11 heteroatoms. The number of carbonyl (C=O) groups is 3. The molecular weight excluding hydrogens is 519 g/mol. The standard InChI is InChI=1S/C26H20Cl2N4O5/c1-30-25(36)32(19-9-17(27)8-18(28)10-19)24(35)26(30)14-31(12-20-6-7-22(37-20)23(33)34)13-21(26)16-4-2-15(11-29)3-5-16/h2-10,21H,12-14H2,1H3,(H,33,34). The molecule has 3 heterocycles. The average molecular weight is 539 g/mol. The third-order valence-corrected chi connectivity index (χ3v) is 7.37. The summed E-state index contributed by atoms with van der Waals surface area (Å²) in [5.41, 5.74) is 0.251. The number of carbonyl (C=O) groups excluding carboxylic acids is 2. The van der Waals surface area contributed by atoms with Crippen molar-refractivity contribution in [1.82, 2.24) is 9.80 Å². The van der Waals surface area contributed by atoms with Gasteiger partial charge in [-0.1, -0.05) is 35.3 Å². The topological polar surface area (TPSA) is 118 Å². The van der Waals surface area contributed by atoms with E-state index in [1.54, 1.807) is 37.4 Å². The zero-order valence-electron chi connectivity index (χ0n) is 19.5. The molecule has 2 aliphatic heterocycles. The van der Waals surface area contributed by atoms with Crippen molar-refractivity contribution in [2.45, 2.75) is 18.0 Å². The quantitative estimate of drug-likeness (QED) is 0.471. The van der Waals surface area contributed by atoms with E-state index in [1.807, 2.05) is 4.90 Å². The molecule has 5 rings (SSSR count). The number of benzene rings is 2. The van der Waals surface area contributed by atoms with Crippen LogP contribution in [0.25, 0.3) is 0 Å². The van der Waals surface area contributed by atoms with E-state index < -0.39 is 29.4 Å². The van der Waals surface area contributed by atoms with Gasteiger partial charge in [-0.05, 0) is 48.0 Å². The number of amides is 3. The number of likely N-dealkylation sites (tertiary alicyclic amines) is 1. The number of furan rings is 1. The van der Waals surface area contributed by atoms with Gasteiger partial charge in [0.2, 0.25) is 5.76 Å². The molecule has 0 bridgehead atoms. The lowest BCUT2D eigenvalue weighted by Gasteiger charge is -2.34. The van der Waals surface area contributed by atoms with Gasteiger partial charge in [0, 0.05) is 36.1 Å². The van der Waals surface area contributed by atoms with Crippen LogP contribution in [0, 0.1) is 11.3 Å². The van der Waals surface area contributed by atoms with Gasteiger partial charge in [-0.2, -0.15) is 5.26 Å². The number of aromatic carboxylic acids is 1. The van der Waals surface area contributed by atoms with Gasteiger partial charge < -0.3 is 14.4 Å². The number of hydrogen-bond donors (Lipinski definition) is 1. The fourth-order valence-corrected chi connectivity index (χ4v) is 5.73. The molecule has 1 N–H and O–H groups in total. The fraction of sp³-hybridized carbons (Fsp3) is 0.231. The number of nitriles is 1. The summed E-state index contributed by atoms with van der Waals surface area (Å²) >= 11 is 12.3. The van der Waals surface area contributed by atoms with E-state index >= 15 is 0 Å². The number of nitrogens with zero attached hydrogens (tertiary/aromatic N) is 4. The Labute approximate surface area is 222 Å². The van der Waals surface area contributed by atoms with Crippen LogP contribution in [0.2, 0.25) is 10.0 Å². The van der Waals surface area contributed by atoms with Crippen LogP contribution in [0.5, 0.6) is 0 Å². The van der Waals surface area contributed by atoms with E-state index in [4.69, 9.17) is 27.6 Å². The Bertz CT molecular complexity index is 1440. The molecule has 2 unspecified atom stereocenters. The zero-order chi connectivity index (χ0) is 26.5. The minimum absolute atomic E-state index is 0.173. The maximum atomic E-state index is 14.2. The van der Waals surface area contributed by atoms with Crippen molar-refractivity contribution >= 4 is 46.8 Å². The van der Waals surface area contributed by atoms with Gasteiger partial charge in [-0.15, -0.1) is 0 Å². The molecule has 2 saturated heterocycles. The Morgan fingerprint density at radius 1 is 1.14 bits per heavy atom. The Morgan fingerprint density at radius 3 is 2.41 bits per heavy atom. The number of rotatable bonds is 5. The highest BCUT2D eigenvalue weighted by atomic mass is 35.5. The second kappa shape index (κ2) is 9.23. The predicted molar refractivity (Wildman–Crippen MR) is 135 cm³/mol. The molecule has 1 aromatic heterocycles. The maximum absolute atomic E-state index is 14.2. The van der Waals surface area contributed by atoms with Crippen LogP contribution in [0.1, 0.15) is 33.4 Å². The summed E-state index contributed by atoms with van der Waals surface area (Å²) in [4.78, 5) is 43.4.